The summed E-state index contributed by atoms with van der Waals surface area (Å²) < 4.78 is 38.1. The minimum absolute atomic E-state index is 0.238. The van der Waals surface area contributed by atoms with Crippen LogP contribution in [0.15, 0.2) is 36.7 Å². The van der Waals surface area contributed by atoms with Gasteiger partial charge in [0.15, 0.2) is 0 Å². The van der Waals surface area contributed by atoms with Crippen LogP contribution in [-0.4, -0.2) is 40.4 Å². The number of rotatable bonds is 5. The third kappa shape index (κ3) is 4.99. The Bertz CT molecular complexity index is 685. The molecule has 1 aromatic heterocycles. The van der Waals surface area contributed by atoms with Crippen LogP contribution in [-0.2, 0) is 6.54 Å². The average molecular weight is 346 g/mol. The monoisotopic (exact) mass is 345 g/mol. The van der Waals surface area contributed by atoms with Crippen LogP contribution >= 0.6 is 11.6 Å². The van der Waals surface area contributed by atoms with Crippen LogP contribution in [0.2, 0.25) is 5.02 Å². The number of carbonyl (C=O) groups is 1. The molecular weight excluding hydrogens is 331 g/mol. The predicted molar refractivity (Wildman–Crippen MR) is 80.4 cm³/mol. The normalized spacial score (nSPS) is 11.5. The van der Waals surface area contributed by atoms with Gasteiger partial charge in [0.25, 0.3) is 5.91 Å². The molecule has 0 saturated heterocycles. The fourth-order valence-corrected chi connectivity index (χ4v) is 2.17. The largest absolute Gasteiger partial charge is 0.390 e. The summed E-state index contributed by atoms with van der Waals surface area (Å²) in [6, 6.07) is 7.22. The summed E-state index contributed by atoms with van der Waals surface area (Å²) in [6.07, 6.45) is -2.50. The van der Waals surface area contributed by atoms with Crippen LogP contribution in [0.1, 0.15) is 22.3 Å². The predicted octanol–water partition coefficient (Wildman–Crippen LogP) is 3.61. The Morgan fingerprint density at radius 3 is 2.70 bits per heavy atom. The zero-order chi connectivity index (χ0) is 17.0. The van der Waals surface area contributed by atoms with E-state index >= 15 is 0 Å². The number of carbonyl (C=O) groups excluding carboxylic acids is 1. The van der Waals surface area contributed by atoms with Gasteiger partial charge in [-0.05, 0) is 11.6 Å². The van der Waals surface area contributed by atoms with Gasteiger partial charge in [-0.3, -0.25) is 9.48 Å². The van der Waals surface area contributed by atoms with Gasteiger partial charge < -0.3 is 4.90 Å². The summed E-state index contributed by atoms with van der Waals surface area (Å²) in [4.78, 5) is 13.1. The van der Waals surface area contributed by atoms with E-state index in [4.69, 9.17) is 11.6 Å². The molecule has 0 bridgehead atoms. The third-order valence-electron chi connectivity index (χ3n) is 3.25. The van der Waals surface area contributed by atoms with Crippen molar-refractivity contribution in [3.05, 3.63) is 52.8 Å². The molecule has 0 saturated carbocycles. The molecule has 1 aromatic carbocycles. The molecule has 124 valence electrons. The van der Waals surface area contributed by atoms with Crippen molar-refractivity contribution in [3.63, 3.8) is 0 Å². The topological polar surface area (TPSA) is 38.1 Å². The lowest BCUT2D eigenvalue weighted by Gasteiger charge is -2.17. The van der Waals surface area contributed by atoms with Crippen LogP contribution in [0, 0.1) is 0 Å². The number of hydrogen-bond donors (Lipinski definition) is 0. The lowest BCUT2D eigenvalue weighted by molar-refractivity contribution is -0.136. The molecule has 0 fully saturated rings. The minimum atomic E-state index is -4.29. The van der Waals surface area contributed by atoms with Crippen molar-refractivity contribution >= 4 is 17.5 Å². The molecule has 0 aliphatic carbocycles. The highest BCUT2D eigenvalue weighted by atomic mass is 35.5. The van der Waals surface area contributed by atoms with Gasteiger partial charge in [-0.25, -0.2) is 0 Å². The van der Waals surface area contributed by atoms with E-state index in [0.29, 0.717) is 11.6 Å². The first-order valence-corrected chi connectivity index (χ1v) is 7.22. The molecule has 0 aliphatic heterocycles. The van der Waals surface area contributed by atoms with Crippen LogP contribution in [0.25, 0.3) is 0 Å². The van der Waals surface area contributed by atoms with Gasteiger partial charge in [-0.1, -0.05) is 29.8 Å². The van der Waals surface area contributed by atoms with E-state index < -0.39 is 25.0 Å². The van der Waals surface area contributed by atoms with Crippen LogP contribution < -0.4 is 0 Å². The number of halogens is 4. The Hall–Kier alpha value is -2.02. The molecule has 1 amide bonds. The van der Waals surface area contributed by atoms with Gasteiger partial charge in [-0.15, -0.1) is 0 Å². The molecule has 0 aliphatic rings. The van der Waals surface area contributed by atoms with E-state index in [1.165, 1.54) is 24.1 Å². The van der Waals surface area contributed by atoms with Crippen molar-refractivity contribution in [2.75, 3.05) is 13.6 Å². The second-order valence-electron chi connectivity index (χ2n) is 5.11. The second-order valence-corrected chi connectivity index (χ2v) is 5.52. The number of aromatic nitrogens is 2. The van der Waals surface area contributed by atoms with Gasteiger partial charge in [0.05, 0.1) is 24.7 Å². The number of amides is 1. The van der Waals surface area contributed by atoms with Crippen molar-refractivity contribution in [3.8, 4) is 0 Å². The fourth-order valence-electron chi connectivity index (χ4n) is 1.98. The van der Waals surface area contributed by atoms with Crippen molar-refractivity contribution in [2.45, 2.75) is 19.1 Å². The molecule has 0 N–H and O–H groups in total. The van der Waals surface area contributed by atoms with Gasteiger partial charge in [0.2, 0.25) is 0 Å². The molecule has 4 nitrogen and oxygen atoms in total. The summed E-state index contributed by atoms with van der Waals surface area (Å²) in [7, 11) is 1.33. The Kier molecular flexibility index (Phi) is 5.30. The first-order valence-electron chi connectivity index (χ1n) is 6.84. The van der Waals surface area contributed by atoms with E-state index in [1.807, 2.05) is 12.1 Å². The zero-order valence-corrected chi connectivity index (χ0v) is 13.1. The molecular formula is C15H15ClF3N3O. The van der Waals surface area contributed by atoms with E-state index in [2.05, 4.69) is 5.10 Å². The van der Waals surface area contributed by atoms with Crippen LogP contribution in [0.5, 0.6) is 0 Å². The quantitative estimate of drug-likeness (QED) is 0.830. The SMILES string of the molecule is CN(CCC(F)(F)F)C(=O)c1cnn(Cc2ccccc2Cl)c1. The van der Waals surface area contributed by atoms with Gasteiger partial charge >= 0.3 is 6.18 Å². The van der Waals surface area contributed by atoms with Crippen LogP contribution in [0.4, 0.5) is 13.2 Å². The second kappa shape index (κ2) is 7.04. The molecule has 23 heavy (non-hydrogen) atoms. The maximum absolute atomic E-state index is 12.2. The fraction of sp³-hybridized carbons (Fsp3) is 0.333. The molecule has 0 unspecified atom stereocenters. The summed E-state index contributed by atoms with van der Waals surface area (Å²) in [6.45, 7) is -0.0166. The Morgan fingerprint density at radius 1 is 1.35 bits per heavy atom. The molecule has 1 heterocycles. The molecule has 8 heteroatoms. The van der Waals surface area contributed by atoms with Gasteiger partial charge in [0.1, 0.15) is 0 Å². The number of hydrogen-bond acceptors (Lipinski definition) is 2. The third-order valence-corrected chi connectivity index (χ3v) is 3.62. The molecule has 0 atom stereocenters. The number of alkyl halides is 3. The van der Waals surface area contributed by atoms with E-state index in [1.54, 1.807) is 12.1 Å². The Labute approximate surface area is 136 Å². The summed E-state index contributed by atoms with van der Waals surface area (Å²) in [5, 5.41) is 4.63. The first kappa shape index (κ1) is 17.3. The molecule has 2 rings (SSSR count). The maximum atomic E-state index is 12.2. The van der Waals surface area contributed by atoms with Crippen molar-refractivity contribution in [2.24, 2.45) is 0 Å². The smallest absolute Gasteiger partial charge is 0.341 e. The van der Waals surface area contributed by atoms with E-state index in [0.717, 1.165) is 10.5 Å². The standard InChI is InChI=1S/C15H15ClF3N3O/c1-21(7-6-15(17,18)19)14(23)12-8-20-22(10-12)9-11-4-2-3-5-13(11)16/h2-5,8,10H,6-7,9H2,1H3. The highest BCUT2D eigenvalue weighted by molar-refractivity contribution is 6.31. The highest BCUT2D eigenvalue weighted by Gasteiger charge is 2.28. The summed E-state index contributed by atoms with van der Waals surface area (Å²) >= 11 is 6.06. The average Bonchev–Trinajstić information content (AvgIpc) is 2.94. The highest BCUT2D eigenvalue weighted by Crippen LogP contribution is 2.20. The Morgan fingerprint density at radius 2 is 2.04 bits per heavy atom. The van der Waals surface area contributed by atoms with Crippen LogP contribution in [0.3, 0.4) is 0 Å². The van der Waals surface area contributed by atoms with E-state index in [-0.39, 0.29) is 5.56 Å². The van der Waals surface area contributed by atoms with Gasteiger partial charge in [0, 0.05) is 24.8 Å². The Balaban J connectivity index is 2.01. The van der Waals surface area contributed by atoms with Gasteiger partial charge in [-0.2, -0.15) is 18.3 Å². The lowest BCUT2D eigenvalue weighted by Crippen LogP contribution is -2.30. The summed E-state index contributed by atoms with van der Waals surface area (Å²) in [5.74, 6) is -0.500. The number of benzene rings is 1. The van der Waals surface area contributed by atoms with Crippen molar-refractivity contribution < 1.29 is 18.0 Å². The first-order chi connectivity index (χ1) is 10.8. The van der Waals surface area contributed by atoms with E-state index in [9.17, 15) is 18.0 Å². The lowest BCUT2D eigenvalue weighted by atomic mass is 10.2. The minimum Gasteiger partial charge on any atom is -0.341 e. The van der Waals surface area contributed by atoms with Crippen molar-refractivity contribution in [1.82, 2.24) is 14.7 Å². The number of nitrogens with zero attached hydrogens (tertiary/aromatic N) is 3. The molecule has 0 radical (unpaired) electrons. The van der Waals surface area contributed by atoms with Crippen molar-refractivity contribution in [1.29, 1.82) is 0 Å². The molecule has 2 aromatic rings. The molecule has 0 spiro atoms. The zero-order valence-electron chi connectivity index (χ0n) is 12.3. The maximum Gasteiger partial charge on any atom is 0.390 e. The summed E-state index contributed by atoms with van der Waals surface area (Å²) in [5.41, 5.74) is 1.07.